The van der Waals surface area contributed by atoms with Crippen molar-refractivity contribution in [2.75, 3.05) is 6.61 Å². The Kier molecular flexibility index (Phi) is 2.77. The smallest absolute Gasteiger partial charge is 0.144 e. The first-order valence-corrected chi connectivity index (χ1v) is 5.05. The van der Waals surface area contributed by atoms with Crippen LogP contribution >= 0.6 is 0 Å². The molecule has 0 bridgehead atoms. The number of hydrogen-bond acceptors (Lipinski definition) is 3. The van der Waals surface area contributed by atoms with Crippen LogP contribution in [0.15, 0.2) is 24.4 Å². The minimum atomic E-state index is -1.12. The Hall–Kier alpha value is -1.65. The van der Waals surface area contributed by atoms with Gasteiger partial charge in [0, 0.05) is 29.8 Å². The number of aromatic nitrogens is 1. The normalized spacial score (nSPS) is 14.9. The fourth-order valence-electron chi connectivity index (χ4n) is 1.73. The van der Waals surface area contributed by atoms with E-state index in [1.807, 2.05) is 12.1 Å². The van der Waals surface area contributed by atoms with Gasteiger partial charge in [-0.05, 0) is 18.1 Å². The van der Waals surface area contributed by atoms with Crippen LogP contribution in [-0.4, -0.2) is 23.0 Å². The number of carbonyl (C=O) groups excluding carboxylic acids is 1. The van der Waals surface area contributed by atoms with Crippen LogP contribution < -0.4 is 5.73 Å². The lowest BCUT2D eigenvalue weighted by molar-refractivity contribution is -0.113. The zero-order chi connectivity index (χ0) is 11.6. The standard InChI is InChI=1S/C12H13N2O2/c13-12(8-16,4-6-15)10-2-1-9-3-5-14-11(9)7-10/h1-2,5,7-8,14-15H,4,6,13H2. The second-order valence-electron chi connectivity index (χ2n) is 3.83. The molecular weight excluding hydrogens is 204 g/mol. The molecule has 1 radical (unpaired) electrons. The molecule has 1 aromatic carbocycles. The quantitative estimate of drug-likeness (QED) is 0.660. The van der Waals surface area contributed by atoms with Gasteiger partial charge in [0.2, 0.25) is 0 Å². The molecule has 0 aliphatic heterocycles. The minimum absolute atomic E-state index is 0.121. The van der Waals surface area contributed by atoms with E-state index in [9.17, 15) is 4.79 Å². The highest BCUT2D eigenvalue weighted by molar-refractivity contribution is 5.81. The summed E-state index contributed by atoms with van der Waals surface area (Å²) in [5.41, 5.74) is 6.40. The molecule has 0 aliphatic rings. The zero-order valence-corrected chi connectivity index (χ0v) is 8.73. The molecule has 16 heavy (non-hydrogen) atoms. The van der Waals surface area contributed by atoms with Gasteiger partial charge in [0.1, 0.15) is 6.29 Å². The van der Waals surface area contributed by atoms with Gasteiger partial charge in [-0.3, -0.25) is 0 Å². The topological polar surface area (TPSA) is 79.1 Å². The van der Waals surface area contributed by atoms with Crippen LogP contribution in [0.2, 0.25) is 0 Å². The van der Waals surface area contributed by atoms with E-state index in [2.05, 4.69) is 11.1 Å². The summed E-state index contributed by atoms with van der Waals surface area (Å²) >= 11 is 0. The molecule has 0 spiro atoms. The summed E-state index contributed by atoms with van der Waals surface area (Å²) in [6, 6.07) is 8.47. The number of benzene rings is 1. The van der Waals surface area contributed by atoms with E-state index in [-0.39, 0.29) is 13.0 Å². The van der Waals surface area contributed by atoms with Crippen LogP contribution in [0.25, 0.3) is 10.9 Å². The highest BCUT2D eigenvalue weighted by atomic mass is 16.3. The van der Waals surface area contributed by atoms with Crippen LogP contribution in [0.5, 0.6) is 0 Å². The number of aldehydes is 1. The molecule has 4 heteroatoms. The number of H-pyrrole nitrogens is 1. The molecule has 2 aromatic rings. The van der Waals surface area contributed by atoms with Gasteiger partial charge in [0.15, 0.2) is 0 Å². The SMILES string of the molecule is NC(C=O)(CCO)c1ccc2[c]c[nH]c2c1. The van der Waals surface area contributed by atoms with Gasteiger partial charge in [0.05, 0.1) is 5.54 Å². The molecular formula is C12H13N2O2. The first-order valence-electron chi connectivity index (χ1n) is 5.05. The number of fused-ring (bicyclic) bond motifs is 1. The van der Waals surface area contributed by atoms with Gasteiger partial charge in [-0.15, -0.1) is 0 Å². The summed E-state index contributed by atoms with van der Waals surface area (Å²) in [6.07, 6.45) is 2.60. The second-order valence-corrected chi connectivity index (χ2v) is 3.83. The van der Waals surface area contributed by atoms with Crippen LogP contribution in [0.4, 0.5) is 0 Å². The Balaban J connectivity index is 2.48. The number of carbonyl (C=O) groups is 1. The Morgan fingerprint density at radius 1 is 1.56 bits per heavy atom. The molecule has 1 heterocycles. The predicted molar refractivity (Wildman–Crippen MR) is 60.8 cm³/mol. The summed E-state index contributed by atoms with van der Waals surface area (Å²) < 4.78 is 0. The molecule has 1 atom stereocenters. The maximum atomic E-state index is 11.0. The number of aliphatic hydroxyl groups is 1. The molecule has 1 unspecified atom stereocenters. The predicted octanol–water partition coefficient (Wildman–Crippen LogP) is 0.703. The van der Waals surface area contributed by atoms with Gasteiger partial charge in [-0.2, -0.15) is 0 Å². The van der Waals surface area contributed by atoms with Crippen LogP contribution in [0.3, 0.4) is 0 Å². The Morgan fingerprint density at radius 3 is 3.06 bits per heavy atom. The van der Waals surface area contributed by atoms with Crippen LogP contribution in [-0.2, 0) is 10.3 Å². The average molecular weight is 217 g/mol. The van der Waals surface area contributed by atoms with Gasteiger partial charge in [0.25, 0.3) is 0 Å². The fraction of sp³-hybridized carbons (Fsp3) is 0.250. The average Bonchev–Trinajstić information content (AvgIpc) is 2.76. The molecule has 4 nitrogen and oxygen atoms in total. The van der Waals surface area contributed by atoms with E-state index >= 15 is 0 Å². The number of hydrogen-bond donors (Lipinski definition) is 3. The van der Waals surface area contributed by atoms with E-state index in [0.29, 0.717) is 11.8 Å². The number of aromatic amines is 1. The highest BCUT2D eigenvalue weighted by Crippen LogP contribution is 2.23. The maximum Gasteiger partial charge on any atom is 0.144 e. The van der Waals surface area contributed by atoms with E-state index < -0.39 is 5.54 Å². The minimum Gasteiger partial charge on any atom is -0.396 e. The second kappa shape index (κ2) is 4.08. The summed E-state index contributed by atoms with van der Waals surface area (Å²) in [5.74, 6) is 0. The van der Waals surface area contributed by atoms with Gasteiger partial charge in [-0.25, -0.2) is 0 Å². The zero-order valence-electron chi connectivity index (χ0n) is 8.73. The molecule has 4 N–H and O–H groups in total. The lowest BCUT2D eigenvalue weighted by Crippen LogP contribution is -2.39. The van der Waals surface area contributed by atoms with Crippen molar-refractivity contribution >= 4 is 17.2 Å². The third kappa shape index (κ3) is 1.73. The lowest BCUT2D eigenvalue weighted by Gasteiger charge is -2.22. The third-order valence-electron chi connectivity index (χ3n) is 2.75. The summed E-state index contributed by atoms with van der Waals surface area (Å²) in [6.45, 7) is -0.121. The lowest BCUT2D eigenvalue weighted by atomic mass is 9.89. The van der Waals surface area contributed by atoms with Crippen molar-refractivity contribution in [2.24, 2.45) is 5.73 Å². The van der Waals surface area contributed by atoms with Crippen molar-refractivity contribution in [3.63, 3.8) is 0 Å². The largest absolute Gasteiger partial charge is 0.396 e. The van der Waals surface area contributed by atoms with Gasteiger partial charge < -0.3 is 20.6 Å². The van der Waals surface area contributed by atoms with Crippen molar-refractivity contribution in [1.29, 1.82) is 0 Å². The van der Waals surface area contributed by atoms with Crippen LogP contribution in [0.1, 0.15) is 12.0 Å². The molecule has 0 fully saturated rings. The monoisotopic (exact) mass is 217 g/mol. The summed E-state index contributed by atoms with van der Waals surface area (Å²) in [4.78, 5) is 14.0. The number of rotatable bonds is 4. The summed E-state index contributed by atoms with van der Waals surface area (Å²) in [5, 5.41) is 9.86. The number of aliphatic hydroxyl groups excluding tert-OH is 1. The maximum absolute atomic E-state index is 11.0. The Morgan fingerprint density at radius 2 is 2.38 bits per heavy atom. The van der Waals surface area contributed by atoms with Gasteiger partial charge >= 0.3 is 0 Å². The van der Waals surface area contributed by atoms with E-state index in [1.165, 1.54) is 0 Å². The van der Waals surface area contributed by atoms with Crippen molar-refractivity contribution in [1.82, 2.24) is 4.98 Å². The fourth-order valence-corrected chi connectivity index (χ4v) is 1.73. The highest BCUT2D eigenvalue weighted by Gasteiger charge is 2.26. The Labute approximate surface area is 93.1 Å². The Bertz CT molecular complexity index is 506. The third-order valence-corrected chi connectivity index (χ3v) is 2.75. The molecule has 0 saturated carbocycles. The number of nitrogens with one attached hydrogen (secondary N) is 1. The van der Waals surface area contributed by atoms with E-state index in [4.69, 9.17) is 10.8 Å². The van der Waals surface area contributed by atoms with Crippen LogP contribution in [0, 0.1) is 6.07 Å². The van der Waals surface area contributed by atoms with Gasteiger partial charge in [-0.1, -0.05) is 12.1 Å². The van der Waals surface area contributed by atoms with E-state index in [1.54, 1.807) is 12.3 Å². The summed E-state index contributed by atoms with van der Waals surface area (Å²) in [7, 11) is 0. The molecule has 83 valence electrons. The van der Waals surface area contributed by atoms with Crippen molar-refractivity contribution in [2.45, 2.75) is 12.0 Å². The van der Waals surface area contributed by atoms with Crippen molar-refractivity contribution in [3.8, 4) is 0 Å². The molecule has 2 rings (SSSR count). The number of nitrogens with two attached hydrogens (primary N) is 1. The molecule has 1 aromatic heterocycles. The van der Waals surface area contributed by atoms with E-state index in [0.717, 1.165) is 10.9 Å². The van der Waals surface area contributed by atoms with Crippen molar-refractivity contribution in [3.05, 3.63) is 36.0 Å². The first-order chi connectivity index (χ1) is 7.69. The molecule has 0 amide bonds. The molecule has 0 saturated heterocycles. The van der Waals surface area contributed by atoms with Crippen molar-refractivity contribution < 1.29 is 9.90 Å². The molecule has 0 aliphatic carbocycles. The first kappa shape index (κ1) is 10.9.